The standard InChI is InChI=1S/C19H19N3O2/c1-14(23)21-17-5-3-4-16(12-17)19-20-10-11-22(19)13-15-6-8-18(24-2)9-7-15/h3-12H,13H2,1-2H3,(H,21,23). The van der Waals surface area contributed by atoms with E-state index in [2.05, 4.69) is 14.9 Å². The van der Waals surface area contributed by atoms with Crippen LogP contribution in [-0.4, -0.2) is 22.6 Å². The summed E-state index contributed by atoms with van der Waals surface area (Å²) in [5.41, 5.74) is 2.88. The Labute approximate surface area is 140 Å². The maximum absolute atomic E-state index is 11.2. The predicted molar refractivity (Wildman–Crippen MR) is 94.1 cm³/mol. The van der Waals surface area contributed by atoms with E-state index in [0.717, 1.165) is 28.4 Å². The Kier molecular flexibility index (Phi) is 4.61. The van der Waals surface area contributed by atoms with Crippen LogP contribution < -0.4 is 10.1 Å². The van der Waals surface area contributed by atoms with E-state index >= 15 is 0 Å². The molecule has 0 saturated heterocycles. The van der Waals surface area contributed by atoms with Crippen molar-refractivity contribution in [3.8, 4) is 17.1 Å². The van der Waals surface area contributed by atoms with Crippen LogP contribution in [0, 0.1) is 0 Å². The third kappa shape index (κ3) is 3.63. The highest BCUT2D eigenvalue weighted by Crippen LogP contribution is 2.22. The molecule has 0 aliphatic carbocycles. The maximum atomic E-state index is 11.2. The van der Waals surface area contributed by atoms with Gasteiger partial charge in [0.1, 0.15) is 11.6 Å². The average Bonchev–Trinajstić information content (AvgIpc) is 3.03. The highest BCUT2D eigenvalue weighted by atomic mass is 16.5. The summed E-state index contributed by atoms with van der Waals surface area (Å²) in [5, 5.41) is 2.80. The van der Waals surface area contributed by atoms with Crippen LogP contribution in [0.2, 0.25) is 0 Å². The third-order valence-corrected chi connectivity index (χ3v) is 3.67. The van der Waals surface area contributed by atoms with Crippen molar-refractivity contribution in [3.63, 3.8) is 0 Å². The Bertz CT molecular complexity index is 838. The summed E-state index contributed by atoms with van der Waals surface area (Å²) >= 11 is 0. The first kappa shape index (κ1) is 15.8. The molecule has 0 atom stereocenters. The summed E-state index contributed by atoms with van der Waals surface area (Å²) in [6, 6.07) is 15.7. The first-order chi connectivity index (χ1) is 11.7. The molecule has 0 aliphatic rings. The van der Waals surface area contributed by atoms with E-state index in [-0.39, 0.29) is 5.91 Å². The van der Waals surface area contributed by atoms with Crippen molar-refractivity contribution in [2.75, 3.05) is 12.4 Å². The smallest absolute Gasteiger partial charge is 0.221 e. The third-order valence-electron chi connectivity index (χ3n) is 3.67. The number of ether oxygens (including phenoxy) is 1. The highest BCUT2D eigenvalue weighted by molar-refractivity contribution is 5.89. The van der Waals surface area contributed by atoms with Gasteiger partial charge in [-0.3, -0.25) is 4.79 Å². The average molecular weight is 321 g/mol. The van der Waals surface area contributed by atoms with Gasteiger partial charge in [0.15, 0.2) is 0 Å². The number of imidazole rings is 1. The zero-order valence-electron chi connectivity index (χ0n) is 13.7. The number of carbonyl (C=O) groups is 1. The van der Waals surface area contributed by atoms with E-state index in [4.69, 9.17) is 4.74 Å². The molecule has 0 saturated carbocycles. The maximum Gasteiger partial charge on any atom is 0.221 e. The number of rotatable bonds is 5. The molecule has 0 spiro atoms. The minimum absolute atomic E-state index is 0.0891. The number of anilines is 1. The van der Waals surface area contributed by atoms with Gasteiger partial charge in [0.2, 0.25) is 5.91 Å². The van der Waals surface area contributed by atoms with Crippen molar-refractivity contribution in [1.82, 2.24) is 9.55 Å². The van der Waals surface area contributed by atoms with Crippen LogP contribution in [-0.2, 0) is 11.3 Å². The zero-order chi connectivity index (χ0) is 16.9. The SMILES string of the molecule is COc1ccc(Cn2ccnc2-c2cccc(NC(C)=O)c2)cc1. The van der Waals surface area contributed by atoms with Crippen LogP contribution >= 0.6 is 0 Å². The van der Waals surface area contributed by atoms with Gasteiger partial charge in [-0.1, -0.05) is 24.3 Å². The van der Waals surface area contributed by atoms with Gasteiger partial charge in [0.05, 0.1) is 7.11 Å². The van der Waals surface area contributed by atoms with E-state index in [0.29, 0.717) is 6.54 Å². The van der Waals surface area contributed by atoms with E-state index < -0.39 is 0 Å². The summed E-state index contributed by atoms with van der Waals surface area (Å²) in [7, 11) is 1.66. The van der Waals surface area contributed by atoms with Crippen LogP contribution in [0.3, 0.4) is 0 Å². The fourth-order valence-corrected chi connectivity index (χ4v) is 2.56. The predicted octanol–water partition coefficient (Wildman–Crippen LogP) is 3.57. The molecular weight excluding hydrogens is 302 g/mol. The van der Waals surface area contributed by atoms with Gasteiger partial charge < -0.3 is 14.6 Å². The number of carbonyl (C=O) groups excluding carboxylic acids is 1. The Hall–Kier alpha value is -3.08. The molecule has 1 N–H and O–H groups in total. The van der Waals surface area contributed by atoms with Gasteiger partial charge in [0, 0.05) is 37.1 Å². The number of nitrogens with zero attached hydrogens (tertiary/aromatic N) is 2. The fraction of sp³-hybridized carbons (Fsp3) is 0.158. The topological polar surface area (TPSA) is 56.1 Å². The number of hydrogen-bond donors (Lipinski definition) is 1. The quantitative estimate of drug-likeness (QED) is 0.781. The lowest BCUT2D eigenvalue weighted by Crippen LogP contribution is -2.06. The van der Waals surface area contributed by atoms with Crippen molar-refractivity contribution >= 4 is 11.6 Å². The molecular formula is C19H19N3O2. The number of aromatic nitrogens is 2. The molecule has 1 amide bonds. The normalized spacial score (nSPS) is 10.4. The minimum Gasteiger partial charge on any atom is -0.497 e. The van der Waals surface area contributed by atoms with E-state index in [1.165, 1.54) is 6.92 Å². The summed E-state index contributed by atoms with van der Waals surface area (Å²) in [6.07, 6.45) is 3.73. The summed E-state index contributed by atoms with van der Waals surface area (Å²) in [4.78, 5) is 15.7. The van der Waals surface area contributed by atoms with Gasteiger partial charge >= 0.3 is 0 Å². The van der Waals surface area contributed by atoms with E-state index in [1.54, 1.807) is 13.3 Å². The summed E-state index contributed by atoms with van der Waals surface area (Å²) < 4.78 is 7.27. The number of amides is 1. The molecule has 1 heterocycles. The lowest BCUT2D eigenvalue weighted by molar-refractivity contribution is -0.114. The number of benzene rings is 2. The van der Waals surface area contributed by atoms with Gasteiger partial charge in [-0.05, 0) is 29.8 Å². The van der Waals surface area contributed by atoms with Gasteiger partial charge in [-0.15, -0.1) is 0 Å². The Morgan fingerprint density at radius 2 is 2.00 bits per heavy atom. The lowest BCUT2D eigenvalue weighted by Gasteiger charge is -2.10. The molecule has 24 heavy (non-hydrogen) atoms. The first-order valence-electron chi connectivity index (χ1n) is 7.68. The molecule has 0 bridgehead atoms. The molecule has 3 aromatic rings. The first-order valence-corrected chi connectivity index (χ1v) is 7.68. The summed E-state index contributed by atoms with van der Waals surface area (Å²) in [6.45, 7) is 2.21. The Balaban J connectivity index is 1.85. The minimum atomic E-state index is -0.0891. The molecule has 0 radical (unpaired) electrons. The van der Waals surface area contributed by atoms with E-state index in [9.17, 15) is 4.79 Å². The van der Waals surface area contributed by atoms with Crippen LogP contribution in [0.4, 0.5) is 5.69 Å². The molecule has 5 nitrogen and oxygen atoms in total. The molecule has 2 aromatic carbocycles. The van der Waals surface area contributed by atoms with Crippen LogP contribution in [0.25, 0.3) is 11.4 Å². The lowest BCUT2D eigenvalue weighted by atomic mass is 10.1. The second kappa shape index (κ2) is 7.00. The monoisotopic (exact) mass is 321 g/mol. The second-order valence-corrected chi connectivity index (χ2v) is 5.49. The summed E-state index contributed by atoms with van der Waals surface area (Å²) in [5.74, 6) is 1.61. The number of nitrogens with one attached hydrogen (secondary N) is 1. The van der Waals surface area contributed by atoms with E-state index in [1.807, 2.05) is 54.7 Å². The molecule has 0 fully saturated rings. The largest absolute Gasteiger partial charge is 0.497 e. The molecule has 1 aromatic heterocycles. The molecule has 0 aliphatic heterocycles. The second-order valence-electron chi connectivity index (χ2n) is 5.49. The number of methoxy groups -OCH3 is 1. The Morgan fingerprint density at radius 1 is 1.21 bits per heavy atom. The Morgan fingerprint density at radius 3 is 2.71 bits per heavy atom. The molecule has 122 valence electrons. The van der Waals surface area contributed by atoms with Crippen LogP contribution in [0.1, 0.15) is 12.5 Å². The van der Waals surface area contributed by atoms with Crippen molar-refractivity contribution in [3.05, 3.63) is 66.5 Å². The van der Waals surface area contributed by atoms with Gasteiger partial charge in [0.25, 0.3) is 0 Å². The van der Waals surface area contributed by atoms with Crippen molar-refractivity contribution < 1.29 is 9.53 Å². The molecule has 3 rings (SSSR count). The van der Waals surface area contributed by atoms with Crippen molar-refractivity contribution in [1.29, 1.82) is 0 Å². The van der Waals surface area contributed by atoms with Gasteiger partial charge in [-0.25, -0.2) is 4.98 Å². The van der Waals surface area contributed by atoms with Crippen LogP contribution in [0.5, 0.6) is 5.75 Å². The molecule has 0 unspecified atom stereocenters. The van der Waals surface area contributed by atoms with Gasteiger partial charge in [-0.2, -0.15) is 0 Å². The molecule has 5 heteroatoms. The number of hydrogen-bond acceptors (Lipinski definition) is 3. The van der Waals surface area contributed by atoms with Crippen molar-refractivity contribution in [2.45, 2.75) is 13.5 Å². The van der Waals surface area contributed by atoms with Crippen LogP contribution in [0.15, 0.2) is 60.9 Å². The van der Waals surface area contributed by atoms with Crippen molar-refractivity contribution in [2.24, 2.45) is 0 Å². The zero-order valence-corrected chi connectivity index (χ0v) is 13.7. The fourth-order valence-electron chi connectivity index (χ4n) is 2.56. The highest BCUT2D eigenvalue weighted by Gasteiger charge is 2.08.